The minimum absolute atomic E-state index is 0.00456. The summed E-state index contributed by atoms with van der Waals surface area (Å²) in [5, 5.41) is 0. The standard InChI is InChI=1S/C12H16N6O2/c13-16-10-5-14-8(4-15-10)6-17-7-11(19)18-3-1-2-9(18)12(17)20/h4-5,9H,1-3,6-7,13H2,(H,15,16). The highest BCUT2D eigenvalue weighted by Crippen LogP contribution is 2.24. The van der Waals surface area contributed by atoms with E-state index in [4.69, 9.17) is 5.84 Å². The number of carbonyl (C=O) groups is 2. The molecule has 1 aromatic rings. The van der Waals surface area contributed by atoms with Crippen molar-refractivity contribution in [1.82, 2.24) is 19.8 Å². The Balaban J connectivity index is 1.73. The number of hydrogen-bond acceptors (Lipinski definition) is 6. The summed E-state index contributed by atoms with van der Waals surface area (Å²) >= 11 is 0. The van der Waals surface area contributed by atoms with Gasteiger partial charge in [0.15, 0.2) is 5.82 Å². The van der Waals surface area contributed by atoms with E-state index in [0.717, 1.165) is 12.8 Å². The molecular weight excluding hydrogens is 260 g/mol. The summed E-state index contributed by atoms with van der Waals surface area (Å²) in [6.45, 7) is 1.11. The molecule has 0 bridgehead atoms. The number of hydrogen-bond donors (Lipinski definition) is 2. The van der Waals surface area contributed by atoms with Crippen LogP contribution in [-0.4, -0.2) is 50.7 Å². The molecule has 1 atom stereocenters. The molecule has 3 heterocycles. The SMILES string of the molecule is NNc1cnc(CN2CC(=O)N3CCCC3C2=O)cn1. The van der Waals surface area contributed by atoms with E-state index in [9.17, 15) is 9.59 Å². The van der Waals surface area contributed by atoms with Crippen LogP contribution in [0.15, 0.2) is 12.4 Å². The predicted octanol–water partition coefficient (Wildman–Crippen LogP) is -0.905. The van der Waals surface area contributed by atoms with Crippen molar-refractivity contribution in [2.45, 2.75) is 25.4 Å². The molecular formula is C12H16N6O2. The van der Waals surface area contributed by atoms with Crippen LogP contribution in [0.1, 0.15) is 18.5 Å². The maximum Gasteiger partial charge on any atom is 0.246 e. The topological polar surface area (TPSA) is 104 Å². The molecule has 2 saturated heterocycles. The molecule has 2 aliphatic heterocycles. The Bertz CT molecular complexity index is 531. The van der Waals surface area contributed by atoms with Gasteiger partial charge in [-0.05, 0) is 12.8 Å². The summed E-state index contributed by atoms with van der Waals surface area (Å²) in [6, 6.07) is -0.283. The van der Waals surface area contributed by atoms with E-state index in [1.165, 1.54) is 6.20 Å². The first-order valence-corrected chi connectivity index (χ1v) is 6.55. The van der Waals surface area contributed by atoms with Gasteiger partial charge in [-0.3, -0.25) is 14.6 Å². The lowest BCUT2D eigenvalue weighted by molar-refractivity contribution is -0.154. The van der Waals surface area contributed by atoms with Gasteiger partial charge in [-0.2, -0.15) is 0 Å². The number of hydrazine groups is 1. The van der Waals surface area contributed by atoms with E-state index in [1.54, 1.807) is 16.0 Å². The molecule has 8 nitrogen and oxygen atoms in total. The van der Waals surface area contributed by atoms with Gasteiger partial charge in [0.1, 0.15) is 12.6 Å². The van der Waals surface area contributed by atoms with Crippen molar-refractivity contribution >= 4 is 17.6 Å². The number of nitrogen functional groups attached to an aromatic ring is 1. The predicted molar refractivity (Wildman–Crippen MR) is 70.0 cm³/mol. The summed E-state index contributed by atoms with van der Waals surface area (Å²) in [5.74, 6) is 5.69. The van der Waals surface area contributed by atoms with Crippen molar-refractivity contribution in [3.05, 3.63) is 18.1 Å². The highest BCUT2D eigenvalue weighted by atomic mass is 16.2. The van der Waals surface area contributed by atoms with Crippen LogP contribution in [0.25, 0.3) is 0 Å². The summed E-state index contributed by atoms with van der Waals surface area (Å²) in [5.41, 5.74) is 3.02. The van der Waals surface area contributed by atoms with Crippen molar-refractivity contribution in [1.29, 1.82) is 0 Å². The number of aromatic nitrogens is 2. The first-order chi connectivity index (χ1) is 9.69. The molecule has 2 amide bonds. The lowest BCUT2D eigenvalue weighted by Crippen LogP contribution is -2.56. The molecule has 1 aromatic heterocycles. The number of nitrogens with zero attached hydrogens (tertiary/aromatic N) is 4. The zero-order chi connectivity index (χ0) is 14.1. The van der Waals surface area contributed by atoms with Crippen molar-refractivity contribution < 1.29 is 9.59 Å². The van der Waals surface area contributed by atoms with Crippen LogP contribution in [-0.2, 0) is 16.1 Å². The van der Waals surface area contributed by atoms with Crippen molar-refractivity contribution in [2.24, 2.45) is 5.84 Å². The summed E-state index contributed by atoms with van der Waals surface area (Å²) in [7, 11) is 0. The maximum atomic E-state index is 12.3. The number of carbonyl (C=O) groups excluding carboxylic acids is 2. The molecule has 2 aliphatic rings. The molecule has 8 heteroatoms. The molecule has 3 rings (SSSR count). The third kappa shape index (κ3) is 2.18. The summed E-state index contributed by atoms with van der Waals surface area (Å²) in [6.07, 6.45) is 4.69. The van der Waals surface area contributed by atoms with Gasteiger partial charge in [0.2, 0.25) is 11.8 Å². The molecule has 3 N–H and O–H groups in total. The first kappa shape index (κ1) is 12.8. The van der Waals surface area contributed by atoms with E-state index in [-0.39, 0.29) is 24.4 Å². The molecule has 0 spiro atoms. The van der Waals surface area contributed by atoms with E-state index < -0.39 is 0 Å². The number of rotatable bonds is 3. The van der Waals surface area contributed by atoms with Crippen LogP contribution in [0.4, 0.5) is 5.82 Å². The summed E-state index contributed by atoms with van der Waals surface area (Å²) in [4.78, 5) is 35.8. The molecule has 20 heavy (non-hydrogen) atoms. The van der Waals surface area contributed by atoms with Gasteiger partial charge in [0, 0.05) is 6.54 Å². The fourth-order valence-corrected chi connectivity index (χ4v) is 2.71. The molecule has 106 valence electrons. The molecule has 2 fully saturated rings. The van der Waals surface area contributed by atoms with Gasteiger partial charge < -0.3 is 15.2 Å². The van der Waals surface area contributed by atoms with Gasteiger partial charge >= 0.3 is 0 Å². The van der Waals surface area contributed by atoms with Crippen LogP contribution in [0.5, 0.6) is 0 Å². The third-order valence-corrected chi connectivity index (χ3v) is 3.70. The van der Waals surface area contributed by atoms with E-state index in [1.807, 2.05) is 0 Å². The van der Waals surface area contributed by atoms with Crippen molar-refractivity contribution in [2.75, 3.05) is 18.5 Å². The number of nitrogens with one attached hydrogen (secondary N) is 1. The largest absolute Gasteiger partial charge is 0.329 e. The van der Waals surface area contributed by atoms with Gasteiger partial charge in [-0.15, -0.1) is 0 Å². The Morgan fingerprint density at radius 2 is 2.20 bits per heavy atom. The molecule has 0 saturated carbocycles. The first-order valence-electron chi connectivity index (χ1n) is 6.55. The fourth-order valence-electron chi connectivity index (χ4n) is 2.71. The van der Waals surface area contributed by atoms with E-state index >= 15 is 0 Å². The minimum Gasteiger partial charge on any atom is -0.329 e. The lowest BCUT2D eigenvalue weighted by Gasteiger charge is -2.36. The van der Waals surface area contributed by atoms with Gasteiger partial charge in [-0.1, -0.05) is 0 Å². The zero-order valence-corrected chi connectivity index (χ0v) is 11.0. The Morgan fingerprint density at radius 1 is 1.35 bits per heavy atom. The van der Waals surface area contributed by atoms with Crippen LogP contribution >= 0.6 is 0 Å². The highest BCUT2D eigenvalue weighted by molar-refractivity contribution is 5.95. The second-order valence-electron chi connectivity index (χ2n) is 4.98. The molecule has 0 radical (unpaired) electrons. The number of amides is 2. The molecule has 1 unspecified atom stereocenters. The second kappa shape index (κ2) is 5.04. The number of fused-ring (bicyclic) bond motifs is 1. The van der Waals surface area contributed by atoms with Crippen LogP contribution < -0.4 is 11.3 Å². The quantitative estimate of drug-likeness (QED) is 0.547. The minimum atomic E-state index is -0.283. The third-order valence-electron chi connectivity index (χ3n) is 3.70. The van der Waals surface area contributed by atoms with Crippen molar-refractivity contribution in [3.8, 4) is 0 Å². The van der Waals surface area contributed by atoms with Crippen LogP contribution in [0.3, 0.4) is 0 Å². The van der Waals surface area contributed by atoms with Crippen LogP contribution in [0.2, 0.25) is 0 Å². The average Bonchev–Trinajstić information content (AvgIpc) is 2.95. The Kier molecular flexibility index (Phi) is 3.23. The maximum absolute atomic E-state index is 12.3. The number of anilines is 1. The Labute approximate surface area is 115 Å². The number of nitrogens with two attached hydrogens (primary N) is 1. The normalized spacial score (nSPS) is 22.1. The number of piperazine rings is 1. The second-order valence-corrected chi connectivity index (χ2v) is 4.98. The zero-order valence-electron chi connectivity index (χ0n) is 11.0. The van der Waals surface area contributed by atoms with E-state index in [0.29, 0.717) is 24.6 Å². The monoisotopic (exact) mass is 276 g/mol. The Morgan fingerprint density at radius 3 is 2.90 bits per heavy atom. The highest BCUT2D eigenvalue weighted by Gasteiger charge is 2.41. The molecule has 0 aliphatic carbocycles. The fraction of sp³-hybridized carbons (Fsp3) is 0.500. The van der Waals surface area contributed by atoms with Gasteiger partial charge in [-0.25, -0.2) is 10.8 Å². The van der Waals surface area contributed by atoms with E-state index in [2.05, 4.69) is 15.4 Å². The Hall–Kier alpha value is -2.22. The van der Waals surface area contributed by atoms with Gasteiger partial charge in [0.05, 0.1) is 24.6 Å². The van der Waals surface area contributed by atoms with Crippen LogP contribution in [0, 0.1) is 0 Å². The smallest absolute Gasteiger partial charge is 0.246 e. The molecule has 0 aromatic carbocycles. The van der Waals surface area contributed by atoms with Crippen molar-refractivity contribution in [3.63, 3.8) is 0 Å². The van der Waals surface area contributed by atoms with Gasteiger partial charge in [0.25, 0.3) is 0 Å². The summed E-state index contributed by atoms with van der Waals surface area (Å²) < 4.78 is 0. The lowest BCUT2D eigenvalue weighted by atomic mass is 10.1. The average molecular weight is 276 g/mol.